The Labute approximate surface area is 101 Å². The lowest BCUT2D eigenvalue weighted by Crippen LogP contribution is -2.39. The third kappa shape index (κ3) is 2.52. The van der Waals surface area contributed by atoms with Crippen LogP contribution in [0.2, 0.25) is 0 Å². The summed E-state index contributed by atoms with van der Waals surface area (Å²) in [6.07, 6.45) is 1.37. The fraction of sp³-hybridized carbons (Fsp3) is 0.462. The summed E-state index contributed by atoms with van der Waals surface area (Å²) >= 11 is 0. The van der Waals surface area contributed by atoms with Crippen LogP contribution in [0.5, 0.6) is 5.75 Å². The minimum absolute atomic E-state index is 0.191. The van der Waals surface area contributed by atoms with E-state index in [1.54, 1.807) is 7.11 Å². The van der Waals surface area contributed by atoms with E-state index in [1.165, 1.54) is 0 Å². The van der Waals surface area contributed by atoms with E-state index in [0.717, 1.165) is 17.0 Å². The van der Waals surface area contributed by atoms with E-state index < -0.39 is 5.97 Å². The van der Waals surface area contributed by atoms with Gasteiger partial charge >= 0.3 is 5.97 Å². The van der Waals surface area contributed by atoms with Gasteiger partial charge in [-0.05, 0) is 37.5 Å². The number of anilines is 1. The number of hydrogen-bond acceptors (Lipinski definition) is 3. The van der Waals surface area contributed by atoms with E-state index in [2.05, 4.69) is 5.32 Å². The molecule has 2 rings (SSSR count). The Morgan fingerprint density at radius 1 is 1.47 bits per heavy atom. The summed E-state index contributed by atoms with van der Waals surface area (Å²) in [6.45, 7) is 2.02. The Morgan fingerprint density at radius 3 is 2.76 bits per heavy atom. The summed E-state index contributed by atoms with van der Waals surface area (Å²) in [6, 6.07) is 6.18. The molecule has 0 amide bonds. The standard InChI is InChI=1S/C13H17NO3/c1-8-3-4-12(17-2)11(5-8)14-10-6-9(7-10)13(15)16/h3-5,9-10,14H,6-7H2,1-2H3,(H,15,16). The minimum atomic E-state index is -0.695. The summed E-state index contributed by atoms with van der Waals surface area (Å²) in [5, 5.41) is 12.1. The maximum absolute atomic E-state index is 10.7. The van der Waals surface area contributed by atoms with Crippen molar-refractivity contribution in [1.29, 1.82) is 0 Å². The average molecular weight is 235 g/mol. The average Bonchev–Trinajstić information content (AvgIpc) is 2.22. The SMILES string of the molecule is COc1ccc(C)cc1NC1CC(C(=O)O)C1. The maximum Gasteiger partial charge on any atom is 0.306 e. The predicted octanol–water partition coefficient (Wildman–Crippen LogP) is 2.28. The molecular weight excluding hydrogens is 218 g/mol. The second-order valence-corrected chi connectivity index (χ2v) is 4.55. The number of carboxylic acid groups (broad SMARTS) is 1. The van der Waals surface area contributed by atoms with Gasteiger partial charge in [-0.2, -0.15) is 0 Å². The summed E-state index contributed by atoms with van der Waals surface area (Å²) in [7, 11) is 1.64. The number of carboxylic acids is 1. The Morgan fingerprint density at radius 2 is 2.18 bits per heavy atom. The zero-order valence-corrected chi connectivity index (χ0v) is 10.1. The highest BCUT2D eigenvalue weighted by Gasteiger charge is 2.34. The number of methoxy groups -OCH3 is 1. The van der Waals surface area contributed by atoms with Crippen molar-refractivity contribution in [3.8, 4) is 5.75 Å². The zero-order chi connectivity index (χ0) is 12.4. The van der Waals surface area contributed by atoms with Gasteiger partial charge in [0.25, 0.3) is 0 Å². The number of benzene rings is 1. The fourth-order valence-corrected chi connectivity index (χ4v) is 2.09. The van der Waals surface area contributed by atoms with Crippen LogP contribution in [0, 0.1) is 12.8 Å². The first-order valence-corrected chi connectivity index (χ1v) is 5.74. The van der Waals surface area contributed by atoms with Crippen molar-refractivity contribution in [2.24, 2.45) is 5.92 Å². The number of aliphatic carboxylic acids is 1. The molecule has 1 aliphatic rings. The van der Waals surface area contributed by atoms with Gasteiger partial charge in [-0.1, -0.05) is 6.07 Å². The van der Waals surface area contributed by atoms with Crippen molar-refractivity contribution in [2.45, 2.75) is 25.8 Å². The van der Waals surface area contributed by atoms with E-state index in [4.69, 9.17) is 9.84 Å². The first-order valence-electron chi connectivity index (χ1n) is 5.74. The third-order valence-corrected chi connectivity index (χ3v) is 3.20. The third-order valence-electron chi connectivity index (χ3n) is 3.20. The predicted molar refractivity (Wildman–Crippen MR) is 65.5 cm³/mol. The van der Waals surface area contributed by atoms with E-state index in [1.807, 2.05) is 25.1 Å². The summed E-state index contributed by atoms with van der Waals surface area (Å²) in [5.41, 5.74) is 2.10. The van der Waals surface area contributed by atoms with Crippen molar-refractivity contribution in [2.75, 3.05) is 12.4 Å². The molecule has 0 saturated heterocycles. The molecular formula is C13H17NO3. The van der Waals surface area contributed by atoms with Gasteiger partial charge in [0.1, 0.15) is 5.75 Å². The normalized spacial score (nSPS) is 22.7. The smallest absolute Gasteiger partial charge is 0.306 e. The molecule has 0 aliphatic heterocycles. The van der Waals surface area contributed by atoms with Crippen molar-refractivity contribution in [3.63, 3.8) is 0 Å². The van der Waals surface area contributed by atoms with Crippen LogP contribution >= 0.6 is 0 Å². The number of ether oxygens (including phenoxy) is 1. The van der Waals surface area contributed by atoms with Crippen molar-refractivity contribution < 1.29 is 14.6 Å². The van der Waals surface area contributed by atoms with E-state index in [-0.39, 0.29) is 12.0 Å². The molecule has 1 aliphatic carbocycles. The summed E-state index contributed by atoms with van der Waals surface area (Å²) in [5.74, 6) is -0.0862. The molecule has 0 aromatic heterocycles. The van der Waals surface area contributed by atoms with Crippen molar-refractivity contribution in [1.82, 2.24) is 0 Å². The van der Waals surface area contributed by atoms with E-state index >= 15 is 0 Å². The molecule has 0 atom stereocenters. The molecule has 1 aromatic carbocycles. The lowest BCUT2D eigenvalue weighted by atomic mass is 9.80. The van der Waals surface area contributed by atoms with Crippen molar-refractivity contribution >= 4 is 11.7 Å². The monoisotopic (exact) mass is 235 g/mol. The highest BCUT2D eigenvalue weighted by molar-refractivity contribution is 5.72. The molecule has 0 spiro atoms. The lowest BCUT2D eigenvalue weighted by Gasteiger charge is -2.34. The zero-order valence-electron chi connectivity index (χ0n) is 10.1. The molecule has 4 nitrogen and oxygen atoms in total. The van der Waals surface area contributed by atoms with Crippen LogP contribution in [0.4, 0.5) is 5.69 Å². The Bertz CT molecular complexity index is 425. The topological polar surface area (TPSA) is 58.6 Å². The van der Waals surface area contributed by atoms with Gasteiger partial charge in [0.15, 0.2) is 0 Å². The molecule has 92 valence electrons. The van der Waals surface area contributed by atoms with Gasteiger partial charge in [0.2, 0.25) is 0 Å². The number of hydrogen-bond donors (Lipinski definition) is 2. The molecule has 1 fully saturated rings. The Hall–Kier alpha value is -1.71. The van der Waals surface area contributed by atoms with Crippen molar-refractivity contribution in [3.05, 3.63) is 23.8 Å². The highest BCUT2D eigenvalue weighted by atomic mass is 16.5. The number of aryl methyl sites for hydroxylation is 1. The molecule has 0 unspecified atom stereocenters. The number of carbonyl (C=O) groups is 1. The van der Waals surface area contributed by atoms with Gasteiger partial charge in [-0.25, -0.2) is 0 Å². The number of rotatable bonds is 4. The van der Waals surface area contributed by atoms with Crippen LogP contribution in [0.3, 0.4) is 0 Å². The van der Waals surface area contributed by atoms with Gasteiger partial charge in [0, 0.05) is 6.04 Å². The highest BCUT2D eigenvalue weighted by Crippen LogP contribution is 2.33. The largest absolute Gasteiger partial charge is 0.495 e. The van der Waals surface area contributed by atoms with E-state index in [0.29, 0.717) is 12.8 Å². The molecule has 0 bridgehead atoms. The minimum Gasteiger partial charge on any atom is -0.495 e. The quantitative estimate of drug-likeness (QED) is 0.840. The maximum atomic E-state index is 10.7. The lowest BCUT2D eigenvalue weighted by molar-refractivity contribution is -0.144. The molecule has 4 heteroatoms. The van der Waals surface area contributed by atoms with Crippen LogP contribution in [0.1, 0.15) is 18.4 Å². The first-order chi connectivity index (χ1) is 8.10. The number of nitrogens with one attached hydrogen (secondary N) is 1. The first kappa shape index (κ1) is 11.8. The van der Waals surface area contributed by atoms with Gasteiger partial charge < -0.3 is 15.2 Å². The van der Waals surface area contributed by atoms with Gasteiger partial charge in [0.05, 0.1) is 18.7 Å². The Kier molecular flexibility index (Phi) is 3.22. The summed E-state index contributed by atoms with van der Waals surface area (Å²) < 4.78 is 5.27. The fourth-order valence-electron chi connectivity index (χ4n) is 2.09. The molecule has 1 aromatic rings. The second-order valence-electron chi connectivity index (χ2n) is 4.55. The van der Waals surface area contributed by atoms with Crippen LogP contribution in [-0.2, 0) is 4.79 Å². The van der Waals surface area contributed by atoms with Gasteiger partial charge in [-0.15, -0.1) is 0 Å². The second kappa shape index (κ2) is 4.65. The van der Waals surface area contributed by atoms with Crippen LogP contribution in [0.25, 0.3) is 0 Å². The van der Waals surface area contributed by atoms with E-state index in [9.17, 15) is 4.79 Å². The van der Waals surface area contributed by atoms with Crippen LogP contribution in [0.15, 0.2) is 18.2 Å². The van der Waals surface area contributed by atoms with Crippen LogP contribution in [-0.4, -0.2) is 24.2 Å². The molecule has 2 N–H and O–H groups in total. The molecule has 17 heavy (non-hydrogen) atoms. The summed E-state index contributed by atoms with van der Waals surface area (Å²) in [4.78, 5) is 10.7. The molecule has 0 radical (unpaired) electrons. The van der Waals surface area contributed by atoms with Crippen LogP contribution < -0.4 is 10.1 Å². The molecule has 0 heterocycles. The Balaban J connectivity index is 2.00. The van der Waals surface area contributed by atoms with Gasteiger partial charge in [-0.3, -0.25) is 4.79 Å². The molecule has 1 saturated carbocycles.